The van der Waals surface area contributed by atoms with Crippen molar-refractivity contribution in [1.82, 2.24) is 8.80 Å². The van der Waals surface area contributed by atoms with Gasteiger partial charge in [-0.25, -0.2) is 0 Å². The van der Waals surface area contributed by atoms with Crippen molar-refractivity contribution in [1.29, 1.82) is 5.26 Å². The van der Waals surface area contributed by atoms with Gasteiger partial charge in [-0.2, -0.15) is 5.26 Å². The molecular weight excluding hydrogens is 763 g/mol. The van der Waals surface area contributed by atoms with E-state index in [0.29, 0.717) is 11.8 Å². The van der Waals surface area contributed by atoms with Crippen LogP contribution in [0.25, 0.3) is 76.2 Å². The molecule has 0 spiro atoms. The normalized spacial score (nSPS) is 20.3. The molecular formula is C60H49N3. The van der Waals surface area contributed by atoms with Crippen molar-refractivity contribution in [3.63, 3.8) is 0 Å². The van der Waals surface area contributed by atoms with Crippen molar-refractivity contribution in [3.05, 3.63) is 164 Å². The van der Waals surface area contributed by atoms with Gasteiger partial charge in [0.1, 0.15) is 0 Å². The SMILES string of the molecule is Cc1cc2c(c3c1C1CCC3CC1)c1cc(C(C)(C)C)cc3c4cc5c(cc4n2c31)c1cc(C(C)(C)C)cc2c3c4c(c(C#N)cc3n5c12)C1c2ccccc2C4c2ccccc21. The third kappa shape index (κ3) is 4.01. The first-order chi connectivity index (χ1) is 30.4. The van der Waals surface area contributed by atoms with Gasteiger partial charge in [0.05, 0.1) is 44.7 Å². The van der Waals surface area contributed by atoms with Crippen LogP contribution in [0.1, 0.15) is 158 Å². The molecule has 0 unspecified atom stereocenters. The standard InChI is InChI=1S/C60H49N3/c1-29-20-47-54(50-31-18-16-30(17-19-31)49(29)50)43-24-33(59(2,3)4)22-41-39-27-46-40(26-45(39)62(47)57(41)43)42-23-34(60(5,6)7)25-44-55-48(63(46)58(42)44)21-32(28-61)51-52-35-12-8-10-14-37(35)53(56(51)55)38-15-11-9-13-36(38)52/h8-15,20-27,30-31,52-53H,16-19H2,1-7H3. The molecule has 6 aliphatic carbocycles. The average molecular weight is 812 g/mol. The zero-order valence-corrected chi connectivity index (χ0v) is 37.2. The summed E-state index contributed by atoms with van der Waals surface area (Å²) >= 11 is 0. The highest BCUT2D eigenvalue weighted by atomic mass is 14.9. The Morgan fingerprint density at radius 1 is 0.476 bits per heavy atom. The van der Waals surface area contributed by atoms with E-state index in [1.165, 1.54) is 146 Å². The third-order valence-electron chi connectivity index (χ3n) is 17.1. The van der Waals surface area contributed by atoms with Crippen LogP contribution in [-0.2, 0) is 10.8 Å². The number of rotatable bonds is 0. The van der Waals surface area contributed by atoms with Crippen molar-refractivity contribution in [3.8, 4) is 6.07 Å². The highest BCUT2D eigenvalue weighted by Gasteiger charge is 2.45. The fourth-order valence-corrected chi connectivity index (χ4v) is 14.4. The van der Waals surface area contributed by atoms with Crippen molar-refractivity contribution in [2.24, 2.45) is 0 Å². The maximum atomic E-state index is 11.2. The Morgan fingerprint density at radius 3 is 1.38 bits per heavy atom. The minimum Gasteiger partial charge on any atom is -0.308 e. The summed E-state index contributed by atoms with van der Waals surface area (Å²) in [6.45, 7) is 16.6. The van der Waals surface area contributed by atoms with Gasteiger partial charge in [0.15, 0.2) is 0 Å². The first-order valence-electron chi connectivity index (χ1n) is 23.5. The van der Waals surface area contributed by atoms with E-state index in [1.807, 2.05) is 0 Å². The van der Waals surface area contributed by atoms with Crippen LogP contribution in [-0.4, -0.2) is 8.80 Å². The Bertz CT molecular complexity index is 3920. The average Bonchev–Trinajstić information content (AvgIpc) is 4.00. The van der Waals surface area contributed by atoms with Crippen LogP contribution >= 0.6 is 0 Å². The van der Waals surface area contributed by atoms with E-state index in [4.69, 9.17) is 0 Å². The zero-order valence-electron chi connectivity index (χ0n) is 37.2. The van der Waals surface area contributed by atoms with E-state index in [0.717, 1.165) is 11.1 Å². The largest absolute Gasteiger partial charge is 0.308 e. The minimum absolute atomic E-state index is 0.00580. The second-order valence-corrected chi connectivity index (χ2v) is 22.2. The van der Waals surface area contributed by atoms with Crippen LogP contribution in [0, 0.1) is 18.3 Å². The monoisotopic (exact) mass is 811 g/mol. The van der Waals surface area contributed by atoms with Gasteiger partial charge in [-0.1, -0.05) is 90.1 Å². The van der Waals surface area contributed by atoms with Crippen molar-refractivity contribution in [2.45, 2.75) is 109 Å². The molecule has 11 aromatic rings. The topological polar surface area (TPSA) is 32.6 Å². The summed E-state index contributed by atoms with van der Waals surface area (Å²) < 4.78 is 5.24. The second-order valence-electron chi connectivity index (χ2n) is 22.2. The molecule has 0 aliphatic heterocycles. The summed E-state index contributed by atoms with van der Waals surface area (Å²) in [5, 5.41) is 22.1. The predicted molar refractivity (Wildman–Crippen MR) is 261 cm³/mol. The van der Waals surface area contributed by atoms with Gasteiger partial charge in [-0.3, -0.25) is 0 Å². The van der Waals surface area contributed by atoms with Crippen LogP contribution < -0.4 is 0 Å². The molecule has 0 radical (unpaired) electrons. The van der Waals surface area contributed by atoms with Gasteiger partial charge in [-0.05, 0) is 165 Å². The number of hydrogen-bond acceptors (Lipinski definition) is 1. The smallest absolute Gasteiger partial charge is 0.0995 e. The van der Waals surface area contributed by atoms with Gasteiger partial charge in [-0.15, -0.1) is 0 Å². The first kappa shape index (κ1) is 35.1. The lowest BCUT2D eigenvalue weighted by atomic mass is 9.59. The molecule has 7 aromatic carbocycles. The van der Waals surface area contributed by atoms with E-state index in [9.17, 15) is 5.26 Å². The minimum atomic E-state index is -0.0676. The quantitative estimate of drug-likeness (QED) is 0.150. The highest BCUT2D eigenvalue weighted by Crippen LogP contribution is 2.60. The predicted octanol–water partition coefficient (Wildman–Crippen LogP) is 15.5. The summed E-state index contributed by atoms with van der Waals surface area (Å²) in [5.74, 6) is 1.45. The fraction of sp³-hybridized carbons (Fsp3) is 0.283. The number of aryl methyl sites for hydroxylation is 1. The van der Waals surface area contributed by atoms with Crippen LogP contribution in [0.15, 0.2) is 97.1 Å². The highest BCUT2D eigenvalue weighted by molar-refractivity contribution is 6.30. The first-order valence-corrected chi connectivity index (χ1v) is 23.5. The van der Waals surface area contributed by atoms with Crippen LogP contribution in [0.5, 0.6) is 0 Å². The third-order valence-corrected chi connectivity index (χ3v) is 17.1. The number of hydrogen-bond donors (Lipinski definition) is 0. The van der Waals surface area contributed by atoms with Crippen LogP contribution in [0.2, 0.25) is 0 Å². The second kappa shape index (κ2) is 11.0. The van der Waals surface area contributed by atoms with E-state index in [-0.39, 0.29) is 22.7 Å². The number of benzene rings is 7. The number of aromatic nitrogens is 2. The summed E-state index contributed by atoms with van der Waals surface area (Å²) in [7, 11) is 0. The van der Waals surface area contributed by atoms with E-state index >= 15 is 0 Å². The molecule has 4 heterocycles. The Balaban J connectivity index is 1.14. The molecule has 63 heavy (non-hydrogen) atoms. The Hall–Kier alpha value is -6.37. The van der Waals surface area contributed by atoms with Crippen LogP contribution in [0.3, 0.4) is 0 Å². The van der Waals surface area contributed by atoms with Crippen molar-refractivity contribution >= 4 is 76.2 Å². The summed E-state index contributed by atoms with van der Waals surface area (Å²) in [6.07, 6.45) is 5.33. The summed E-state index contributed by atoms with van der Waals surface area (Å²) in [5.41, 5.74) is 24.1. The van der Waals surface area contributed by atoms with Gasteiger partial charge in [0, 0.05) is 54.9 Å². The lowest BCUT2D eigenvalue weighted by Gasteiger charge is -2.43. The van der Waals surface area contributed by atoms with Gasteiger partial charge >= 0.3 is 0 Å². The summed E-state index contributed by atoms with van der Waals surface area (Å²) in [6, 6.07) is 40.9. The maximum absolute atomic E-state index is 11.2. The molecule has 0 atom stereocenters. The molecule has 1 fully saturated rings. The zero-order chi connectivity index (χ0) is 42.3. The number of nitrogens with zero attached hydrogens (tertiary/aromatic N) is 3. The van der Waals surface area contributed by atoms with Crippen molar-refractivity contribution in [2.75, 3.05) is 0 Å². The molecule has 6 aliphatic rings. The van der Waals surface area contributed by atoms with Gasteiger partial charge < -0.3 is 8.80 Å². The number of fused-ring (bicyclic) bond motifs is 14. The Kier molecular flexibility index (Phi) is 6.16. The van der Waals surface area contributed by atoms with E-state index < -0.39 is 0 Å². The lowest BCUT2D eigenvalue weighted by molar-refractivity contribution is 0.360. The molecule has 304 valence electrons. The molecule has 17 rings (SSSR count). The molecule has 1 saturated carbocycles. The van der Waals surface area contributed by atoms with Crippen molar-refractivity contribution < 1.29 is 0 Å². The molecule has 3 nitrogen and oxygen atoms in total. The molecule has 3 heteroatoms. The van der Waals surface area contributed by atoms with Gasteiger partial charge in [0.25, 0.3) is 0 Å². The maximum Gasteiger partial charge on any atom is 0.0995 e. The van der Waals surface area contributed by atoms with Crippen LogP contribution in [0.4, 0.5) is 0 Å². The Labute approximate surface area is 367 Å². The van der Waals surface area contributed by atoms with E-state index in [2.05, 4.69) is 160 Å². The Morgan fingerprint density at radius 2 is 0.905 bits per heavy atom. The fourth-order valence-electron chi connectivity index (χ4n) is 14.4. The van der Waals surface area contributed by atoms with Gasteiger partial charge in [0.2, 0.25) is 0 Å². The van der Waals surface area contributed by atoms with E-state index in [1.54, 1.807) is 11.1 Å². The molecule has 4 bridgehead atoms. The lowest BCUT2D eigenvalue weighted by Crippen LogP contribution is -2.28. The molecule has 0 saturated heterocycles. The number of nitriles is 1. The molecule has 0 amide bonds. The molecule has 0 N–H and O–H groups in total. The molecule has 4 aromatic heterocycles. The summed E-state index contributed by atoms with van der Waals surface area (Å²) in [4.78, 5) is 0.